The maximum atomic E-state index is 11.4. The molecule has 0 unspecified atom stereocenters. The van der Waals surface area contributed by atoms with E-state index in [4.69, 9.17) is 21.6 Å². The standard InChI is InChI=1S/C24H25ClN6O3S2/c1-4-17-21(25)20-22(28-17)29-24(30-23(20)31-11-14(12-31)10-26-36(3,33)34)35-16-7-5-15-6-8-18(13(2)32)27-19(15)9-16/h5-9,14,26,32H,2,4,10-12H2,1,3H3,(H,28,29,30). The van der Waals surface area contributed by atoms with Crippen LogP contribution in [0, 0.1) is 5.92 Å². The molecular formula is C24H25ClN6O3S2. The van der Waals surface area contributed by atoms with Gasteiger partial charge in [0.1, 0.15) is 22.9 Å². The summed E-state index contributed by atoms with van der Waals surface area (Å²) in [6.07, 6.45) is 1.89. The van der Waals surface area contributed by atoms with Crippen LogP contribution in [0.5, 0.6) is 0 Å². The molecule has 3 aromatic heterocycles. The molecule has 0 spiro atoms. The fraction of sp³-hybridized carbons (Fsp3) is 0.292. The van der Waals surface area contributed by atoms with Crippen molar-refractivity contribution in [3.63, 3.8) is 0 Å². The maximum absolute atomic E-state index is 11.4. The lowest BCUT2D eigenvalue weighted by molar-refractivity contribution is 0.404. The molecule has 0 aliphatic carbocycles. The molecule has 9 nitrogen and oxygen atoms in total. The van der Waals surface area contributed by atoms with Crippen LogP contribution in [0.3, 0.4) is 0 Å². The topological polar surface area (TPSA) is 124 Å². The Morgan fingerprint density at radius 3 is 2.72 bits per heavy atom. The van der Waals surface area contributed by atoms with Gasteiger partial charge in [0.25, 0.3) is 0 Å². The summed E-state index contributed by atoms with van der Waals surface area (Å²) < 4.78 is 25.5. The predicted octanol–water partition coefficient (Wildman–Crippen LogP) is 4.39. The van der Waals surface area contributed by atoms with E-state index in [0.717, 1.165) is 45.4 Å². The van der Waals surface area contributed by atoms with Gasteiger partial charge in [-0.15, -0.1) is 0 Å². The number of sulfonamides is 1. The number of anilines is 1. The molecule has 1 fully saturated rings. The number of nitrogens with zero attached hydrogens (tertiary/aromatic N) is 4. The number of nitrogens with one attached hydrogen (secondary N) is 2. The van der Waals surface area contributed by atoms with Crippen molar-refractivity contribution >= 4 is 66.9 Å². The Balaban J connectivity index is 1.47. The molecule has 188 valence electrons. The highest BCUT2D eigenvalue weighted by Gasteiger charge is 2.31. The van der Waals surface area contributed by atoms with Crippen LogP contribution < -0.4 is 9.62 Å². The van der Waals surface area contributed by atoms with Crippen molar-refractivity contribution in [3.8, 4) is 0 Å². The third-order valence-electron chi connectivity index (χ3n) is 6.04. The lowest BCUT2D eigenvalue weighted by Gasteiger charge is -2.40. The summed E-state index contributed by atoms with van der Waals surface area (Å²) in [6, 6.07) is 9.48. The normalized spacial score (nSPS) is 14.5. The highest BCUT2D eigenvalue weighted by atomic mass is 35.5. The van der Waals surface area contributed by atoms with Crippen molar-refractivity contribution < 1.29 is 13.5 Å². The number of aliphatic hydroxyl groups is 1. The SMILES string of the molecule is C=C(O)c1ccc2ccc(Sc3nc(N4CC(CNS(C)(=O)=O)C4)c4c(Cl)c(CC)[nH]c4n3)cc2n1. The fourth-order valence-electron chi connectivity index (χ4n) is 4.16. The third kappa shape index (κ3) is 5.01. The summed E-state index contributed by atoms with van der Waals surface area (Å²) in [5.74, 6) is 0.839. The van der Waals surface area contributed by atoms with E-state index in [1.54, 1.807) is 6.07 Å². The first kappa shape index (κ1) is 24.8. The van der Waals surface area contributed by atoms with Gasteiger partial charge in [0.05, 0.1) is 22.2 Å². The van der Waals surface area contributed by atoms with E-state index in [2.05, 4.69) is 26.2 Å². The van der Waals surface area contributed by atoms with Gasteiger partial charge in [-0.05, 0) is 36.4 Å². The van der Waals surface area contributed by atoms with Crippen molar-refractivity contribution in [2.75, 3.05) is 30.8 Å². The van der Waals surface area contributed by atoms with E-state index in [0.29, 0.717) is 41.2 Å². The minimum absolute atomic E-state index is 0.0803. The molecule has 0 saturated carbocycles. The van der Waals surface area contributed by atoms with Crippen LogP contribution in [-0.4, -0.2) is 59.4 Å². The molecule has 36 heavy (non-hydrogen) atoms. The summed E-state index contributed by atoms with van der Waals surface area (Å²) in [5, 5.41) is 12.6. The molecule has 4 aromatic rings. The van der Waals surface area contributed by atoms with Crippen LogP contribution >= 0.6 is 23.4 Å². The van der Waals surface area contributed by atoms with Gasteiger partial charge in [0, 0.05) is 41.5 Å². The number of aryl methyl sites for hydroxylation is 1. The number of H-pyrrole nitrogens is 1. The van der Waals surface area contributed by atoms with Crippen LogP contribution in [0.2, 0.25) is 5.02 Å². The molecule has 3 N–H and O–H groups in total. The van der Waals surface area contributed by atoms with Crippen LogP contribution in [0.4, 0.5) is 5.82 Å². The van der Waals surface area contributed by atoms with E-state index < -0.39 is 10.0 Å². The molecule has 1 aromatic carbocycles. The average Bonchev–Trinajstić information content (AvgIpc) is 3.12. The first-order valence-corrected chi connectivity index (χ1v) is 14.4. The summed E-state index contributed by atoms with van der Waals surface area (Å²) >= 11 is 8.10. The van der Waals surface area contributed by atoms with Crippen LogP contribution in [0.15, 0.2) is 47.0 Å². The molecule has 5 rings (SSSR count). The smallest absolute Gasteiger partial charge is 0.208 e. The van der Waals surface area contributed by atoms with Crippen LogP contribution in [-0.2, 0) is 16.4 Å². The van der Waals surface area contributed by atoms with Crippen molar-refractivity contribution in [3.05, 3.63) is 53.3 Å². The van der Waals surface area contributed by atoms with E-state index >= 15 is 0 Å². The minimum atomic E-state index is -3.23. The maximum Gasteiger partial charge on any atom is 0.208 e. The first-order chi connectivity index (χ1) is 17.1. The zero-order valence-corrected chi connectivity index (χ0v) is 22.1. The Labute approximate surface area is 218 Å². The average molecular weight is 545 g/mol. The number of fused-ring (bicyclic) bond motifs is 2. The zero-order valence-electron chi connectivity index (χ0n) is 19.7. The van der Waals surface area contributed by atoms with E-state index in [1.165, 1.54) is 11.8 Å². The Kier molecular flexibility index (Phi) is 6.58. The molecule has 1 saturated heterocycles. The van der Waals surface area contributed by atoms with Crippen LogP contribution in [0.25, 0.3) is 27.7 Å². The lowest BCUT2D eigenvalue weighted by atomic mass is 10.0. The number of rotatable bonds is 8. The largest absolute Gasteiger partial charge is 0.506 e. The number of aromatic amines is 1. The van der Waals surface area contributed by atoms with Gasteiger partial charge in [-0.3, -0.25) is 0 Å². The Hall–Kier alpha value is -2.86. The zero-order chi connectivity index (χ0) is 25.6. The Morgan fingerprint density at radius 2 is 2.03 bits per heavy atom. The molecule has 0 atom stereocenters. The monoisotopic (exact) mass is 544 g/mol. The quantitative estimate of drug-likeness (QED) is 0.220. The van der Waals surface area contributed by atoms with Crippen molar-refractivity contribution in [2.45, 2.75) is 23.4 Å². The molecule has 0 amide bonds. The van der Waals surface area contributed by atoms with Crippen LogP contribution in [0.1, 0.15) is 18.3 Å². The summed E-state index contributed by atoms with van der Waals surface area (Å²) in [4.78, 5) is 20.4. The Bertz CT molecular complexity index is 1600. The first-order valence-electron chi connectivity index (χ1n) is 11.4. The third-order valence-corrected chi connectivity index (χ3v) is 8.00. The molecule has 0 bridgehead atoms. The predicted molar refractivity (Wildman–Crippen MR) is 144 cm³/mol. The van der Waals surface area contributed by atoms with E-state index in [9.17, 15) is 13.5 Å². The molecular weight excluding hydrogens is 520 g/mol. The second kappa shape index (κ2) is 9.55. The Morgan fingerprint density at radius 1 is 1.28 bits per heavy atom. The van der Waals surface area contributed by atoms with Crippen molar-refractivity contribution in [1.82, 2.24) is 24.7 Å². The molecule has 0 radical (unpaired) electrons. The number of aliphatic hydroxyl groups excluding tert-OH is 1. The summed E-state index contributed by atoms with van der Waals surface area (Å²) in [7, 11) is -3.23. The molecule has 12 heteroatoms. The number of hydrogen-bond acceptors (Lipinski definition) is 8. The number of aromatic nitrogens is 4. The molecule has 4 heterocycles. The molecule has 1 aliphatic rings. The van der Waals surface area contributed by atoms with Gasteiger partial charge in [-0.25, -0.2) is 28.1 Å². The lowest BCUT2D eigenvalue weighted by Crippen LogP contribution is -2.51. The molecule has 1 aliphatic heterocycles. The van der Waals surface area contributed by atoms with E-state index in [-0.39, 0.29) is 11.7 Å². The summed E-state index contributed by atoms with van der Waals surface area (Å²) in [5.41, 5.74) is 2.72. The number of benzene rings is 1. The van der Waals surface area contributed by atoms with Gasteiger partial charge in [-0.1, -0.05) is 37.2 Å². The second-order valence-electron chi connectivity index (χ2n) is 8.82. The number of halogens is 1. The summed E-state index contributed by atoms with van der Waals surface area (Å²) in [6.45, 7) is 7.28. The fourth-order valence-corrected chi connectivity index (χ4v) is 5.84. The van der Waals surface area contributed by atoms with Gasteiger partial charge in [0.2, 0.25) is 10.0 Å². The van der Waals surface area contributed by atoms with Gasteiger partial charge in [0.15, 0.2) is 5.16 Å². The van der Waals surface area contributed by atoms with Crippen molar-refractivity contribution in [1.29, 1.82) is 0 Å². The van der Waals surface area contributed by atoms with Gasteiger partial charge in [-0.2, -0.15) is 0 Å². The highest BCUT2D eigenvalue weighted by molar-refractivity contribution is 7.99. The van der Waals surface area contributed by atoms with Gasteiger partial charge < -0.3 is 15.0 Å². The number of hydrogen-bond donors (Lipinski definition) is 3. The number of pyridine rings is 1. The van der Waals surface area contributed by atoms with Crippen molar-refractivity contribution in [2.24, 2.45) is 5.92 Å². The second-order valence-corrected chi connectivity index (χ2v) is 12.1. The van der Waals surface area contributed by atoms with E-state index in [1.807, 2.05) is 31.2 Å². The van der Waals surface area contributed by atoms with Gasteiger partial charge >= 0.3 is 0 Å². The minimum Gasteiger partial charge on any atom is -0.506 e. The highest BCUT2D eigenvalue weighted by Crippen LogP contribution is 2.39.